The normalized spacial score (nSPS) is 12.3. The van der Waals surface area contributed by atoms with Crippen LogP contribution in [-0.2, 0) is 5.75 Å². The first kappa shape index (κ1) is 19.8. The average Bonchev–Trinajstić information content (AvgIpc) is 3.02. The van der Waals surface area contributed by atoms with Gasteiger partial charge in [-0.25, -0.2) is 14.4 Å². The van der Waals surface area contributed by atoms with Crippen molar-refractivity contribution in [1.82, 2.24) is 24.7 Å². The number of nitrogens with zero attached hydrogens (tertiary/aromatic N) is 5. The highest BCUT2D eigenvalue weighted by Gasteiger charge is 2.17. The van der Waals surface area contributed by atoms with Gasteiger partial charge in [0.15, 0.2) is 10.3 Å². The Bertz CT molecular complexity index is 891. The van der Waals surface area contributed by atoms with Crippen LogP contribution in [0.1, 0.15) is 37.5 Å². The monoisotopic (exact) mass is 403 g/mol. The third kappa shape index (κ3) is 5.07. The molecule has 5 nitrogen and oxygen atoms in total. The molecule has 0 unspecified atom stereocenters. The van der Waals surface area contributed by atoms with E-state index in [4.69, 9.17) is 0 Å². The quantitative estimate of drug-likeness (QED) is 0.409. The number of benzene rings is 1. The minimum absolute atomic E-state index is 0.262. The summed E-state index contributed by atoms with van der Waals surface area (Å²) in [5, 5.41) is 10.7. The second kappa shape index (κ2) is 8.84. The number of hydrogen-bond acceptors (Lipinski definition) is 6. The fraction of sp³-hybridized carbons (Fsp3) is 0.368. The molecule has 0 fully saturated rings. The zero-order valence-electron chi connectivity index (χ0n) is 15.8. The highest BCUT2D eigenvalue weighted by atomic mass is 32.2. The van der Waals surface area contributed by atoms with E-state index in [2.05, 4.69) is 34.0 Å². The van der Waals surface area contributed by atoms with Gasteiger partial charge in [-0.1, -0.05) is 37.4 Å². The molecule has 0 saturated heterocycles. The van der Waals surface area contributed by atoms with E-state index in [0.29, 0.717) is 11.0 Å². The van der Waals surface area contributed by atoms with Crippen molar-refractivity contribution in [3.8, 4) is 5.69 Å². The van der Waals surface area contributed by atoms with E-state index in [1.54, 1.807) is 23.9 Å². The van der Waals surface area contributed by atoms with Crippen molar-refractivity contribution in [2.75, 3.05) is 0 Å². The van der Waals surface area contributed by atoms with E-state index in [9.17, 15) is 4.39 Å². The molecular formula is C19H22FN5S2. The number of thioether (sulfide) groups is 2. The Morgan fingerprint density at radius 2 is 1.74 bits per heavy atom. The van der Waals surface area contributed by atoms with Crippen molar-refractivity contribution in [3.63, 3.8) is 0 Å². The molecule has 0 saturated carbocycles. The van der Waals surface area contributed by atoms with Gasteiger partial charge in [-0.05, 0) is 50.6 Å². The lowest BCUT2D eigenvalue weighted by atomic mass is 10.3. The summed E-state index contributed by atoms with van der Waals surface area (Å²) in [6, 6.07) is 8.36. The lowest BCUT2D eigenvalue weighted by Gasteiger charge is -2.12. The van der Waals surface area contributed by atoms with Crippen LogP contribution in [0.25, 0.3) is 5.69 Å². The van der Waals surface area contributed by atoms with Gasteiger partial charge in [-0.15, -0.1) is 10.2 Å². The molecule has 0 amide bonds. The number of aryl methyl sites for hydroxylation is 2. The molecule has 142 valence electrons. The number of hydrogen-bond donors (Lipinski definition) is 0. The highest BCUT2D eigenvalue weighted by molar-refractivity contribution is 7.99. The molecule has 3 rings (SSSR count). The largest absolute Gasteiger partial charge is 0.273 e. The zero-order valence-corrected chi connectivity index (χ0v) is 17.4. The second-order valence-electron chi connectivity index (χ2n) is 6.27. The van der Waals surface area contributed by atoms with Crippen LogP contribution in [0.15, 0.2) is 40.6 Å². The fourth-order valence-electron chi connectivity index (χ4n) is 2.47. The first-order valence-corrected chi connectivity index (χ1v) is 10.6. The molecule has 0 bridgehead atoms. The molecule has 0 aliphatic carbocycles. The van der Waals surface area contributed by atoms with E-state index >= 15 is 0 Å². The van der Waals surface area contributed by atoms with Gasteiger partial charge < -0.3 is 0 Å². The Morgan fingerprint density at radius 1 is 1.07 bits per heavy atom. The maximum Gasteiger partial charge on any atom is 0.196 e. The molecule has 27 heavy (non-hydrogen) atoms. The number of aromatic nitrogens is 5. The standard InChI is InChI=1S/C19H22FN5S2/c1-5-14(4)27-19-24-23-17(25(19)16-8-6-15(20)7-9-16)11-26-18-21-12(2)10-13(3)22-18/h6-10,14H,5,11H2,1-4H3/t14-/m1/s1. The summed E-state index contributed by atoms with van der Waals surface area (Å²) in [7, 11) is 0. The Morgan fingerprint density at radius 3 is 2.37 bits per heavy atom. The van der Waals surface area contributed by atoms with Gasteiger partial charge >= 0.3 is 0 Å². The fourth-order valence-corrected chi connectivity index (χ4v) is 4.26. The first-order valence-electron chi connectivity index (χ1n) is 8.78. The van der Waals surface area contributed by atoms with Gasteiger partial charge in [0.05, 0.1) is 5.75 Å². The number of rotatable bonds is 7. The van der Waals surface area contributed by atoms with Crippen LogP contribution in [0.4, 0.5) is 4.39 Å². The lowest BCUT2D eigenvalue weighted by Crippen LogP contribution is -2.04. The molecule has 0 spiro atoms. The maximum absolute atomic E-state index is 13.4. The third-order valence-corrected chi connectivity index (χ3v) is 6.01. The highest BCUT2D eigenvalue weighted by Crippen LogP contribution is 2.29. The number of halogens is 1. The van der Waals surface area contributed by atoms with Crippen molar-refractivity contribution in [2.24, 2.45) is 0 Å². The van der Waals surface area contributed by atoms with E-state index in [1.807, 2.05) is 24.5 Å². The van der Waals surface area contributed by atoms with Crippen LogP contribution in [0.3, 0.4) is 0 Å². The maximum atomic E-state index is 13.4. The van der Waals surface area contributed by atoms with E-state index in [0.717, 1.165) is 39.6 Å². The van der Waals surface area contributed by atoms with Crippen LogP contribution in [-0.4, -0.2) is 30.0 Å². The summed E-state index contributed by atoms with van der Waals surface area (Å²) >= 11 is 3.19. The van der Waals surface area contributed by atoms with Crippen LogP contribution in [0, 0.1) is 19.7 Å². The molecule has 2 aromatic heterocycles. The van der Waals surface area contributed by atoms with E-state index in [1.165, 1.54) is 23.9 Å². The predicted molar refractivity (Wildman–Crippen MR) is 108 cm³/mol. The summed E-state index contributed by atoms with van der Waals surface area (Å²) in [6.45, 7) is 8.22. The Labute approximate surface area is 167 Å². The van der Waals surface area contributed by atoms with E-state index < -0.39 is 0 Å². The van der Waals surface area contributed by atoms with Gasteiger partial charge in [0.2, 0.25) is 0 Å². The van der Waals surface area contributed by atoms with E-state index in [-0.39, 0.29) is 5.82 Å². The van der Waals surface area contributed by atoms with Crippen LogP contribution < -0.4 is 0 Å². The summed E-state index contributed by atoms with van der Waals surface area (Å²) in [4.78, 5) is 8.94. The van der Waals surface area contributed by atoms with Gasteiger partial charge in [0.1, 0.15) is 11.6 Å². The molecule has 0 radical (unpaired) electrons. The van der Waals surface area contributed by atoms with Crippen LogP contribution >= 0.6 is 23.5 Å². The minimum atomic E-state index is -0.262. The summed E-state index contributed by atoms with van der Waals surface area (Å²) in [5.74, 6) is 1.11. The van der Waals surface area contributed by atoms with Crippen LogP contribution in [0.2, 0.25) is 0 Å². The predicted octanol–water partition coefficient (Wildman–Crippen LogP) is 5.00. The summed E-state index contributed by atoms with van der Waals surface area (Å²) in [5.41, 5.74) is 2.74. The second-order valence-corrected chi connectivity index (χ2v) is 8.62. The Kier molecular flexibility index (Phi) is 6.49. The smallest absolute Gasteiger partial charge is 0.196 e. The third-order valence-electron chi connectivity index (χ3n) is 3.96. The molecule has 0 aliphatic rings. The molecule has 1 atom stereocenters. The molecular weight excluding hydrogens is 381 g/mol. The van der Waals surface area contributed by atoms with Gasteiger partial charge in [0.25, 0.3) is 0 Å². The molecule has 1 aromatic carbocycles. The minimum Gasteiger partial charge on any atom is -0.273 e. The van der Waals surface area contributed by atoms with Gasteiger partial charge in [0, 0.05) is 22.3 Å². The van der Waals surface area contributed by atoms with Crippen molar-refractivity contribution in [2.45, 2.75) is 55.4 Å². The molecule has 8 heteroatoms. The Balaban J connectivity index is 1.90. The summed E-state index contributed by atoms with van der Waals surface area (Å²) < 4.78 is 15.4. The molecule has 3 aromatic rings. The van der Waals surface area contributed by atoms with Crippen molar-refractivity contribution in [3.05, 3.63) is 53.4 Å². The van der Waals surface area contributed by atoms with Gasteiger partial charge in [-0.2, -0.15) is 0 Å². The SMILES string of the molecule is CC[C@@H](C)Sc1nnc(CSc2nc(C)cc(C)n2)n1-c1ccc(F)cc1. The Hall–Kier alpha value is -1.93. The molecule has 0 aliphatic heterocycles. The zero-order chi connectivity index (χ0) is 19.4. The topological polar surface area (TPSA) is 56.5 Å². The van der Waals surface area contributed by atoms with Crippen molar-refractivity contribution in [1.29, 1.82) is 0 Å². The lowest BCUT2D eigenvalue weighted by molar-refractivity contribution is 0.627. The average molecular weight is 404 g/mol. The van der Waals surface area contributed by atoms with Crippen LogP contribution in [0.5, 0.6) is 0 Å². The first-order chi connectivity index (χ1) is 13.0. The molecule has 0 N–H and O–H groups in total. The van der Waals surface area contributed by atoms with Crippen molar-refractivity contribution >= 4 is 23.5 Å². The molecule has 2 heterocycles. The summed E-state index contributed by atoms with van der Waals surface area (Å²) in [6.07, 6.45) is 1.03. The van der Waals surface area contributed by atoms with Gasteiger partial charge in [-0.3, -0.25) is 4.57 Å². The van der Waals surface area contributed by atoms with Crippen molar-refractivity contribution < 1.29 is 4.39 Å².